The minimum Gasteiger partial charge on any atom is -0.326 e. The van der Waals surface area contributed by atoms with E-state index >= 15 is 0 Å². The maximum Gasteiger partial charge on any atom is 0.134 e. The van der Waals surface area contributed by atoms with Gasteiger partial charge in [0.15, 0.2) is 0 Å². The highest BCUT2D eigenvalue weighted by molar-refractivity contribution is 5.69. The molecule has 0 aliphatic carbocycles. The van der Waals surface area contributed by atoms with Gasteiger partial charge in [-0.3, -0.25) is 0 Å². The molecule has 3 heterocycles. The molecule has 1 aromatic heterocycles. The lowest BCUT2D eigenvalue weighted by atomic mass is 10.4. The van der Waals surface area contributed by atoms with Gasteiger partial charge in [0, 0.05) is 36.6 Å². The highest BCUT2D eigenvalue weighted by atomic mass is 15.2. The fraction of sp³-hybridized carbons (Fsp3) is 0.100. The Hall–Kier alpha value is -1.77. The maximum absolute atomic E-state index is 4.29. The average Bonchev–Trinajstić information content (AvgIpc) is 2.72. The Morgan fingerprint density at radius 2 is 2.31 bits per heavy atom. The summed E-state index contributed by atoms with van der Waals surface area (Å²) in [6.07, 6.45) is 10.1. The molecular formula is C10H9N3. The number of hydrogen-bond acceptors (Lipinski definition) is 2. The topological polar surface area (TPSA) is 20.5 Å². The van der Waals surface area contributed by atoms with E-state index in [1.807, 2.05) is 24.7 Å². The van der Waals surface area contributed by atoms with Crippen LogP contribution in [0.3, 0.4) is 0 Å². The van der Waals surface area contributed by atoms with Gasteiger partial charge in [0.05, 0.1) is 6.54 Å². The number of aliphatic imine (C=N–C) groups is 1. The fourth-order valence-electron chi connectivity index (χ4n) is 1.60. The van der Waals surface area contributed by atoms with Gasteiger partial charge in [0.2, 0.25) is 0 Å². The van der Waals surface area contributed by atoms with Gasteiger partial charge < -0.3 is 9.47 Å². The number of aromatic nitrogens is 1. The van der Waals surface area contributed by atoms with Gasteiger partial charge in [0.25, 0.3) is 0 Å². The van der Waals surface area contributed by atoms with Crippen LogP contribution in [0.5, 0.6) is 0 Å². The summed E-state index contributed by atoms with van der Waals surface area (Å²) in [5.41, 5.74) is 1.17. The molecule has 0 N–H and O–H groups in total. The Bertz CT molecular complexity index is 423. The Labute approximate surface area is 76.3 Å². The SMILES string of the molecule is C1=Cn2cccc2C=C2N=CCN12. The number of rotatable bonds is 0. The van der Waals surface area contributed by atoms with Crippen molar-refractivity contribution in [2.45, 2.75) is 0 Å². The largest absolute Gasteiger partial charge is 0.326 e. The van der Waals surface area contributed by atoms with E-state index in [0.29, 0.717) is 0 Å². The van der Waals surface area contributed by atoms with Crippen LogP contribution in [0.1, 0.15) is 5.69 Å². The first-order valence-corrected chi connectivity index (χ1v) is 4.29. The molecular weight excluding hydrogens is 162 g/mol. The van der Waals surface area contributed by atoms with E-state index in [9.17, 15) is 0 Å². The summed E-state index contributed by atoms with van der Waals surface area (Å²) in [5.74, 6) is 1.02. The number of nitrogens with zero attached hydrogens (tertiary/aromatic N) is 3. The van der Waals surface area contributed by atoms with Crippen LogP contribution in [0.2, 0.25) is 0 Å². The highest BCUT2D eigenvalue weighted by Gasteiger charge is 2.12. The van der Waals surface area contributed by atoms with Crippen molar-refractivity contribution in [2.75, 3.05) is 6.54 Å². The van der Waals surface area contributed by atoms with Gasteiger partial charge in [-0.1, -0.05) is 0 Å². The molecule has 0 saturated carbocycles. The van der Waals surface area contributed by atoms with Crippen LogP contribution >= 0.6 is 0 Å². The molecule has 0 spiro atoms. The van der Waals surface area contributed by atoms with Gasteiger partial charge in [-0.2, -0.15) is 0 Å². The lowest BCUT2D eigenvalue weighted by Gasteiger charge is -2.09. The quantitative estimate of drug-likeness (QED) is 0.581. The standard InChI is InChI=1S/C10H9N3/c1-2-9-8-10-11-3-5-13(10)7-6-12(9)4-1/h1-4,6-8H,5H2. The first-order chi connectivity index (χ1) is 6.43. The number of hydrogen-bond donors (Lipinski definition) is 0. The lowest BCUT2D eigenvalue weighted by Crippen LogP contribution is -2.10. The van der Waals surface area contributed by atoms with Gasteiger partial charge in [-0.25, -0.2) is 4.99 Å². The molecule has 0 unspecified atom stereocenters. The molecule has 1 aromatic rings. The summed E-state index contributed by atoms with van der Waals surface area (Å²) in [6, 6.07) is 4.11. The van der Waals surface area contributed by atoms with Crippen molar-refractivity contribution in [3.8, 4) is 0 Å². The van der Waals surface area contributed by atoms with Crippen LogP contribution in [-0.4, -0.2) is 22.2 Å². The molecule has 3 heteroatoms. The van der Waals surface area contributed by atoms with E-state index in [4.69, 9.17) is 0 Å². The molecule has 0 amide bonds. The minimum absolute atomic E-state index is 0.882. The maximum atomic E-state index is 4.29. The Balaban J connectivity index is 2.18. The van der Waals surface area contributed by atoms with E-state index in [0.717, 1.165) is 12.4 Å². The van der Waals surface area contributed by atoms with Gasteiger partial charge >= 0.3 is 0 Å². The minimum atomic E-state index is 0.882. The third-order valence-electron chi connectivity index (χ3n) is 2.29. The number of fused-ring (bicyclic) bond motifs is 2. The molecule has 2 aliphatic heterocycles. The van der Waals surface area contributed by atoms with E-state index in [2.05, 4.69) is 32.8 Å². The summed E-state index contributed by atoms with van der Waals surface area (Å²) in [5, 5.41) is 0. The van der Waals surface area contributed by atoms with Gasteiger partial charge in [-0.05, 0) is 12.1 Å². The van der Waals surface area contributed by atoms with Crippen molar-refractivity contribution >= 4 is 18.5 Å². The second kappa shape index (κ2) is 2.36. The first-order valence-electron chi connectivity index (χ1n) is 4.29. The zero-order valence-electron chi connectivity index (χ0n) is 7.09. The molecule has 64 valence electrons. The Morgan fingerprint density at radius 3 is 3.31 bits per heavy atom. The monoisotopic (exact) mass is 171 g/mol. The summed E-state index contributed by atoms with van der Waals surface area (Å²) in [4.78, 5) is 6.41. The first kappa shape index (κ1) is 6.71. The van der Waals surface area contributed by atoms with E-state index in [-0.39, 0.29) is 0 Å². The predicted molar refractivity (Wildman–Crippen MR) is 52.9 cm³/mol. The van der Waals surface area contributed by atoms with E-state index in [1.165, 1.54) is 5.69 Å². The average molecular weight is 171 g/mol. The Kier molecular flexibility index (Phi) is 1.22. The molecule has 0 atom stereocenters. The molecule has 0 fully saturated rings. The molecule has 2 aliphatic rings. The third-order valence-corrected chi connectivity index (χ3v) is 2.29. The van der Waals surface area contributed by atoms with Crippen LogP contribution in [0.4, 0.5) is 0 Å². The fourth-order valence-corrected chi connectivity index (χ4v) is 1.60. The van der Waals surface area contributed by atoms with Crippen molar-refractivity contribution in [1.29, 1.82) is 0 Å². The zero-order chi connectivity index (χ0) is 8.67. The second-order valence-corrected chi connectivity index (χ2v) is 3.11. The van der Waals surface area contributed by atoms with Crippen molar-refractivity contribution in [3.05, 3.63) is 36.0 Å². The van der Waals surface area contributed by atoms with Gasteiger partial charge in [-0.15, -0.1) is 0 Å². The molecule has 13 heavy (non-hydrogen) atoms. The molecule has 0 saturated heterocycles. The predicted octanol–water partition coefficient (Wildman–Crippen LogP) is 1.61. The molecule has 0 bridgehead atoms. The van der Waals surface area contributed by atoms with Crippen molar-refractivity contribution < 1.29 is 0 Å². The second-order valence-electron chi connectivity index (χ2n) is 3.11. The van der Waals surface area contributed by atoms with Crippen molar-refractivity contribution in [1.82, 2.24) is 9.47 Å². The van der Waals surface area contributed by atoms with E-state index in [1.54, 1.807) is 0 Å². The normalized spacial score (nSPS) is 18.2. The molecule has 0 aromatic carbocycles. The highest BCUT2D eigenvalue weighted by Crippen LogP contribution is 2.20. The summed E-state index contributed by atoms with van der Waals surface area (Å²) in [7, 11) is 0. The van der Waals surface area contributed by atoms with Crippen LogP contribution in [0.25, 0.3) is 12.3 Å². The van der Waals surface area contributed by atoms with Crippen LogP contribution in [-0.2, 0) is 0 Å². The zero-order valence-corrected chi connectivity index (χ0v) is 7.09. The molecule has 3 rings (SSSR count). The van der Waals surface area contributed by atoms with E-state index < -0.39 is 0 Å². The van der Waals surface area contributed by atoms with Crippen LogP contribution < -0.4 is 0 Å². The Morgan fingerprint density at radius 1 is 1.31 bits per heavy atom. The summed E-state index contributed by atoms with van der Waals surface area (Å²) >= 11 is 0. The van der Waals surface area contributed by atoms with Crippen LogP contribution in [0, 0.1) is 0 Å². The summed E-state index contributed by atoms with van der Waals surface area (Å²) in [6.45, 7) is 0.882. The molecule has 0 radical (unpaired) electrons. The smallest absolute Gasteiger partial charge is 0.134 e. The summed E-state index contributed by atoms with van der Waals surface area (Å²) < 4.78 is 2.08. The van der Waals surface area contributed by atoms with Crippen molar-refractivity contribution in [3.63, 3.8) is 0 Å². The molecule has 3 nitrogen and oxygen atoms in total. The third kappa shape index (κ3) is 0.935. The van der Waals surface area contributed by atoms with Crippen molar-refractivity contribution in [2.24, 2.45) is 4.99 Å². The lowest BCUT2D eigenvalue weighted by molar-refractivity contribution is 0.563. The van der Waals surface area contributed by atoms with Gasteiger partial charge in [0.1, 0.15) is 5.82 Å². The van der Waals surface area contributed by atoms with Crippen LogP contribution in [0.15, 0.2) is 35.3 Å².